The van der Waals surface area contributed by atoms with E-state index in [0.717, 1.165) is 6.08 Å². The van der Waals surface area contributed by atoms with Crippen LogP contribution in [0, 0.1) is 5.82 Å². The molecule has 0 spiro atoms. The Morgan fingerprint density at radius 1 is 1.00 bits per heavy atom. The zero-order chi connectivity index (χ0) is 30.7. The number of allylic oxidation sites excluding steroid dienone is 3. The smallest absolute Gasteiger partial charge is 0.408 e. The summed E-state index contributed by atoms with van der Waals surface area (Å²) in [5.41, 5.74) is -1.07. The van der Waals surface area contributed by atoms with E-state index in [9.17, 15) is 28.0 Å². The molecule has 4 N–H and O–H groups in total. The second-order valence-corrected chi connectivity index (χ2v) is 11.1. The minimum absolute atomic E-state index is 0.0805. The molecule has 11 heteroatoms. The summed E-state index contributed by atoms with van der Waals surface area (Å²) in [5, 5.41) is 10.1. The zero-order valence-electron chi connectivity index (χ0n) is 24.2. The molecular formula is C29H40F2N4O5. The average Bonchev–Trinajstić information content (AvgIpc) is 2.81. The van der Waals surface area contributed by atoms with Crippen molar-refractivity contribution in [3.63, 3.8) is 0 Å². The molecule has 9 nitrogen and oxygen atoms in total. The van der Waals surface area contributed by atoms with Crippen molar-refractivity contribution in [1.29, 1.82) is 0 Å². The van der Waals surface area contributed by atoms with Gasteiger partial charge in [0.25, 0.3) is 5.91 Å². The van der Waals surface area contributed by atoms with Crippen molar-refractivity contribution in [3.8, 4) is 0 Å². The number of halogens is 2. The Kier molecular flexibility index (Phi) is 12.7. The van der Waals surface area contributed by atoms with Gasteiger partial charge in [-0.05, 0) is 66.2 Å². The highest BCUT2D eigenvalue weighted by atomic mass is 19.1. The van der Waals surface area contributed by atoms with Gasteiger partial charge in [0.05, 0.1) is 12.0 Å². The van der Waals surface area contributed by atoms with Crippen molar-refractivity contribution in [2.75, 3.05) is 13.1 Å². The first kappa shape index (κ1) is 34.0. The first-order valence-corrected chi connectivity index (χ1v) is 12.7. The molecule has 0 aromatic heterocycles. The maximum absolute atomic E-state index is 14.4. The average molecular weight is 563 g/mol. The summed E-state index contributed by atoms with van der Waals surface area (Å²) in [6.45, 7) is 15.2. The molecule has 0 unspecified atom stereocenters. The van der Waals surface area contributed by atoms with Gasteiger partial charge in [-0.15, -0.1) is 0 Å². The number of carbonyl (C=O) groups is 4. The zero-order valence-corrected chi connectivity index (χ0v) is 24.2. The van der Waals surface area contributed by atoms with Gasteiger partial charge in [-0.2, -0.15) is 0 Å². The van der Waals surface area contributed by atoms with Crippen molar-refractivity contribution in [2.24, 2.45) is 0 Å². The van der Waals surface area contributed by atoms with Crippen LogP contribution in [0.5, 0.6) is 0 Å². The molecule has 1 aromatic carbocycles. The quantitative estimate of drug-likeness (QED) is 0.184. The molecule has 4 amide bonds. The molecule has 0 aliphatic rings. The molecule has 0 heterocycles. The Bertz CT molecular complexity index is 1130. The first-order valence-electron chi connectivity index (χ1n) is 12.7. The summed E-state index contributed by atoms with van der Waals surface area (Å²) >= 11 is 0. The normalized spacial score (nSPS) is 13.1. The van der Waals surface area contributed by atoms with Crippen LogP contribution in [0.4, 0.5) is 13.6 Å². The van der Waals surface area contributed by atoms with Crippen LogP contribution in [0.3, 0.4) is 0 Å². The molecule has 0 saturated carbocycles. The summed E-state index contributed by atoms with van der Waals surface area (Å²) in [4.78, 5) is 49.6. The van der Waals surface area contributed by atoms with E-state index in [2.05, 4.69) is 27.8 Å². The van der Waals surface area contributed by atoms with E-state index in [-0.39, 0.29) is 19.5 Å². The molecule has 220 valence electrons. The summed E-state index contributed by atoms with van der Waals surface area (Å²) in [7, 11) is 0. The third-order valence-electron chi connectivity index (χ3n) is 4.96. The molecule has 1 rings (SSSR count). The summed E-state index contributed by atoms with van der Waals surface area (Å²) in [5.74, 6) is -3.32. The Hall–Kier alpha value is -4.02. The molecule has 0 bridgehead atoms. The number of alkyl carbamates (subject to hydrolysis) is 1. The standard InChI is InChI=1S/C29H40F2N4O5/c1-18(20-11-9-10-12-22(20)31)13-14-21(30)19(2)25(37)32-15-16-33-26(38)23(17-24(36)35-28(3,4)5)34-27(39)40-29(6,7)8/h9-14,23H,2,15-17H2,1,3-8H3,(H,32,37)(H,33,38)(H,34,39)(H,35,36)/b18-13+,21-14+/t23-/m0/s1. The molecular weight excluding hydrogens is 522 g/mol. The molecule has 1 aromatic rings. The Balaban J connectivity index is 2.71. The number of amides is 4. The van der Waals surface area contributed by atoms with Gasteiger partial charge in [0, 0.05) is 24.2 Å². The van der Waals surface area contributed by atoms with E-state index in [1.165, 1.54) is 12.1 Å². The monoisotopic (exact) mass is 562 g/mol. The van der Waals surface area contributed by atoms with Gasteiger partial charge in [-0.1, -0.05) is 30.9 Å². The van der Waals surface area contributed by atoms with E-state index < -0.39 is 58.2 Å². The van der Waals surface area contributed by atoms with E-state index >= 15 is 0 Å². The molecule has 40 heavy (non-hydrogen) atoms. The largest absolute Gasteiger partial charge is 0.444 e. The van der Waals surface area contributed by atoms with Crippen LogP contribution in [0.1, 0.15) is 60.5 Å². The molecule has 0 aliphatic heterocycles. The van der Waals surface area contributed by atoms with Gasteiger partial charge in [0.1, 0.15) is 23.3 Å². The van der Waals surface area contributed by atoms with Crippen LogP contribution in [-0.4, -0.2) is 54.1 Å². The highest BCUT2D eigenvalue weighted by Gasteiger charge is 2.27. The maximum atomic E-state index is 14.4. The predicted molar refractivity (Wildman–Crippen MR) is 150 cm³/mol. The van der Waals surface area contributed by atoms with Crippen molar-refractivity contribution >= 4 is 29.4 Å². The molecule has 1 atom stereocenters. The fraction of sp³-hybridized carbons (Fsp3) is 0.448. The van der Waals surface area contributed by atoms with Gasteiger partial charge in [0.2, 0.25) is 11.8 Å². The summed E-state index contributed by atoms with van der Waals surface area (Å²) in [6.07, 6.45) is 1.13. The third kappa shape index (κ3) is 13.2. The Morgan fingerprint density at radius 2 is 1.60 bits per heavy atom. The lowest BCUT2D eigenvalue weighted by atomic mass is 10.1. The van der Waals surface area contributed by atoms with Crippen molar-refractivity contribution in [1.82, 2.24) is 21.3 Å². The van der Waals surface area contributed by atoms with E-state index in [4.69, 9.17) is 4.74 Å². The second-order valence-electron chi connectivity index (χ2n) is 11.1. The van der Waals surface area contributed by atoms with Crippen LogP contribution in [-0.2, 0) is 19.1 Å². The maximum Gasteiger partial charge on any atom is 0.408 e. The van der Waals surface area contributed by atoms with Gasteiger partial charge >= 0.3 is 6.09 Å². The van der Waals surface area contributed by atoms with Crippen LogP contribution in [0.15, 0.2) is 54.4 Å². The fourth-order valence-electron chi connectivity index (χ4n) is 3.18. The van der Waals surface area contributed by atoms with Crippen molar-refractivity contribution < 1.29 is 32.7 Å². The Labute approximate surface area is 234 Å². The minimum Gasteiger partial charge on any atom is -0.444 e. The van der Waals surface area contributed by atoms with Gasteiger partial charge in [-0.3, -0.25) is 14.4 Å². The molecule has 0 fully saturated rings. The number of hydrogen-bond acceptors (Lipinski definition) is 5. The third-order valence-corrected chi connectivity index (χ3v) is 4.96. The van der Waals surface area contributed by atoms with Crippen molar-refractivity contribution in [2.45, 2.75) is 72.1 Å². The van der Waals surface area contributed by atoms with Crippen molar-refractivity contribution in [3.05, 3.63) is 65.8 Å². The van der Waals surface area contributed by atoms with Crippen LogP contribution in [0.2, 0.25) is 0 Å². The SMILES string of the molecule is C=C(C(=O)NCCNC(=O)[C@H](CC(=O)NC(C)(C)C)NC(=O)OC(C)(C)C)/C(F)=C\C=C(/C)c1ccccc1F. The number of rotatable bonds is 11. The number of benzene rings is 1. The van der Waals surface area contributed by atoms with E-state index in [1.54, 1.807) is 66.7 Å². The number of nitrogens with one attached hydrogen (secondary N) is 4. The van der Waals surface area contributed by atoms with E-state index in [0.29, 0.717) is 11.1 Å². The number of hydrogen-bond donors (Lipinski definition) is 4. The molecule has 0 radical (unpaired) electrons. The topological polar surface area (TPSA) is 126 Å². The Morgan fingerprint density at radius 3 is 2.17 bits per heavy atom. The first-order chi connectivity index (χ1) is 18.4. The van der Waals surface area contributed by atoms with Crippen LogP contribution < -0.4 is 21.3 Å². The van der Waals surface area contributed by atoms with Crippen LogP contribution >= 0.6 is 0 Å². The lowest BCUT2D eigenvalue weighted by molar-refractivity contribution is -0.129. The predicted octanol–water partition coefficient (Wildman–Crippen LogP) is 4.07. The summed E-state index contributed by atoms with van der Waals surface area (Å²) in [6, 6.07) is 4.78. The van der Waals surface area contributed by atoms with Gasteiger partial charge < -0.3 is 26.0 Å². The highest BCUT2D eigenvalue weighted by Crippen LogP contribution is 2.19. The molecule has 0 saturated heterocycles. The highest BCUT2D eigenvalue weighted by molar-refractivity contribution is 5.96. The molecule has 0 aliphatic carbocycles. The lowest BCUT2D eigenvalue weighted by Gasteiger charge is -2.25. The van der Waals surface area contributed by atoms with Crippen LogP contribution in [0.25, 0.3) is 5.57 Å². The minimum atomic E-state index is -1.24. The summed E-state index contributed by atoms with van der Waals surface area (Å²) < 4.78 is 33.5. The number of ether oxygens (including phenoxy) is 1. The van der Waals surface area contributed by atoms with Gasteiger partial charge in [-0.25, -0.2) is 13.6 Å². The fourth-order valence-corrected chi connectivity index (χ4v) is 3.18. The van der Waals surface area contributed by atoms with E-state index in [1.807, 2.05) is 0 Å². The van der Waals surface area contributed by atoms with Gasteiger partial charge in [0.15, 0.2) is 0 Å². The second kappa shape index (κ2) is 14.9. The number of carbonyl (C=O) groups excluding carboxylic acids is 4. The lowest BCUT2D eigenvalue weighted by Crippen LogP contribution is -2.52.